The van der Waals surface area contributed by atoms with Crippen LogP contribution in [0.3, 0.4) is 0 Å². The minimum atomic E-state index is -0.713. The number of carbonyl (C=O) groups is 1. The van der Waals surface area contributed by atoms with E-state index >= 15 is 0 Å². The highest BCUT2D eigenvalue weighted by Crippen LogP contribution is 2.27. The zero-order valence-corrected chi connectivity index (χ0v) is 16.2. The number of amides is 1. The van der Waals surface area contributed by atoms with Crippen molar-refractivity contribution in [3.05, 3.63) is 36.5 Å². The average molecular weight is 387 g/mol. The number of fused-ring (bicyclic) bond motifs is 1. The highest BCUT2D eigenvalue weighted by atomic mass is 19.1. The Morgan fingerprint density at radius 1 is 1.25 bits per heavy atom. The van der Waals surface area contributed by atoms with Crippen molar-refractivity contribution < 1.29 is 23.1 Å². The fraction of sp³-hybridized carbons (Fsp3) is 0.350. The van der Waals surface area contributed by atoms with Crippen molar-refractivity contribution >= 4 is 23.0 Å². The van der Waals surface area contributed by atoms with Gasteiger partial charge in [0.15, 0.2) is 5.58 Å². The first-order valence-corrected chi connectivity index (χ1v) is 8.78. The molecule has 3 rings (SSSR count). The Morgan fingerprint density at radius 2 is 2.04 bits per heavy atom. The van der Waals surface area contributed by atoms with Crippen LogP contribution in [0.4, 0.5) is 15.0 Å². The largest absolute Gasteiger partial charge is 0.497 e. The van der Waals surface area contributed by atoms with Gasteiger partial charge in [0.2, 0.25) is 5.89 Å². The predicted octanol–water partition coefficient (Wildman–Crippen LogP) is 4.61. The Bertz CT molecular complexity index is 964. The molecule has 0 unspecified atom stereocenters. The molecule has 0 saturated carbocycles. The molecule has 28 heavy (non-hydrogen) atoms. The molecular formula is C20H22FN3O4. The zero-order valence-electron chi connectivity index (χ0n) is 16.2. The Hall–Kier alpha value is -3.16. The van der Waals surface area contributed by atoms with E-state index in [0.717, 1.165) is 4.90 Å². The molecule has 3 aromatic rings. The van der Waals surface area contributed by atoms with Crippen LogP contribution in [0.5, 0.6) is 5.75 Å². The van der Waals surface area contributed by atoms with Crippen molar-refractivity contribution in [2.45, 2.75) is 26.4 Å². The number of carbonyl (C=O) groups excluding carboxylic acids is 1. The minimum absolute atomic E-state index is 0.149. The third kappa shape index (κ3) is 4.39. The number of hydrogen-bond acceptors (Lipinski definition) is 6. The van der Waals surface area contributed by atoms with Gasteiger partial charge in [-0.05, 0) is 45.0 Å². The van der Waals surface area contributed by atoms with Crippen LogP contribution in [0.15, 0.2) is 40.9 Å². The van der Waals surface area contributed by atoms with Crippen LogP contribution in [0.2, 0.25) is 0 Å². The Balaban J connectivity index is 1.86. The van der Waals surface area contributed by atoms with Crippen LogP contribution in [-0.2, 0) is 4.74 Å². The number of nitrogens with zero attached hydrogens (tertiary/aromatic N) is 3. The van der Waals surface area contributed by atoms with Gasteiger partial charge in [0.25, 0.3) is 0 Å². The van der Waals surface area contributed by atoms with Crippen LogP contribution in [0.1, 0.15) is 20.8 Å². The third-order valence-electron chi connectivity index (χ3n) is 3.79. The lowest BCUT2D eigenvalue weighted by molar-refractivity contribution is 0.0577. The number of pyridine rings is 1. The standard InChI is InChI=1S/C20H22FN3O4/c1-20(2,3)28-19(25)24(10-9-21)17-8-5-13(12-22-17)18-23-15-7-6-14(26-4)11-16(15)27-18/h5-8,11-12H,9-10H2,1-4H3. The molecule has 0 spiro atoms. The molecule has 1 aromatic carbocycles. The highest BCUT2D eigenvalue weighted by molar-refractivity contribution is 5.87. The number of benzene rings is 1. The summed E-state index contributed by atoms with van der Waals surface area (Å²) in [6, 6.07) is 8.66. The van der Waals surface area contributed by atoms with Crippen molar-refractivity contribution in [1.82, 2.24) is 9.97 Å². The summed E-state index contributed by atoms with van der Waals surface area (Å²) in [4.78, 5) is 22.2. The zero-order chi connectivity index (χ0) is 20.3. The molecule has 2 heterocycles. The fourth-order valence-corrected chi connectivity index (χ4v) is 2.53. The van der Waals surface area contributed by atoms with Crippen LogP contribution < -0.4 is 9.64 Å². The van der Waals surface area contributed by atoms with Crippen molar-refractivity contribution in [3.63, 3.8) is 0 Å². The molecule has 0 atom stereocenters. The first kappa shape index (κ1) is 19.6. The maximum Gasteiger partial charge on any atom is 0.416 e. The van der Waals surface area contributed by atoms with Gasteiger partial charge in [0.05, 0.1) is 19.2 Å². The van der Waals surface area contributed by atoms with Gasteiger partial charge in [0, 0.05) is 12.3 Å². The molecule has 0 radical (unpaired) electrons. The van der Waals surface area contributed by atoms with Crippen molar-refractivity contribution in [2.24, 2.45) is 0 Å². The lowest BCUT2D eigenvalue weighted by atomic mass is 10.2. The summed E-state index contributed by atoms with van der Waals surface area (Å²) < 4.78 is 29.2. The van der Waals surface area contributed by atoms with Gasteiger partial charge in [-0.25, -0.2) is 19.2 Å². The summed E-state index contributed by atoms with van der Waals surface area (Å²) in [5.41, 5.74) is 1.22. The lowest BCUT2D eigenvalue weighted by Gasteiger charge is -2.26. The van der Waals surface area contributed by atoms with E-state index in [9.17, 15) is 9.18 Å². The molecule has 1 amide bonds. The molecular weight excluding hydrogens is 365 g/mol. The summed E-state index contributed by atoms with van der Waals surface area (Å²) in [7, 11) is 1.58. The fourth-order valence-electron chi connectivity index (χ4n) is 2.53. The second-order valence-electron chi connectivity index (χ2n) is 7.08. The number of anilines is 1. The van der Waals surface area contributed by atoms with Crippen LogP contribution in [-0.4, -0.2) is 42.0 Å². The van der Waals surface area contributed by atoms with Gasteiger partial charge < -0.3 is 13.9 Å². The molecule has 7 nitrogen and oxygen atoms in total. The van der Waals surface area contributed by atoms with E-state index in [1.165, 1.54) is 6.20 Å². The SMILES string of the molecule is COc1ccc2nc(-c3ccc(N(CCF)C(=O)OC(C)(C)C)nc3)oc2c1. The Labute approximate surface area is 162 Å². The van der Waals surface area contributed by atoms with E-state index in [1.807, 2.05) is 0 Å². The van der Waals surface area contributed by atoms with Crippen LogP contribution in [0.25, 0.3) is 22.6 Å². The van der Waals surface area contributed by atoms with E-state index in [4.69, 9.17) is 13.9 Å². The third-order valence-corrected chi connectivity index (χ3v) is 3.79. The number of aromatic nitrogens is 2. The van der Waals surface area contributed by atoms with E-state index in [0.29, 0.717) is 28.3 Å². The van der Waals surface area contributed by atoms with Gasteiger partial charge in [0.1, 0.15) is 29.4 Å². The average Bonchev–Trinajstić information content (AvgIpc) is 3.08. The van der Waals surface area contributed by atoms with Crippen molar-refractivity contribution in [2.75, 3.05) is 25.2 Å². The van der Waals surface area contributed by atoms with E-state index < -0.39 is 18.4 Å². The van der Waals surface area contributed by atoms with Gasteiger partial charge in [-0.15, -0.1) is 0 Å². The van der Waals surface area contributed by atoms with Gasteiger partial charge in [-0.3, -0.25) is 4.90 Å². The van der Waals surface area contributed by atoms with Gasteiger partial charge >= 0.3 is 6.09 Å². The van der Waals surface area contributed by atoms with E-state index in [2.05, 4.69) is 9.97 Å². The van der Waals surface area contributed by atoms with Crippen LogP contribution >= 0.6 is 0 Å². The molecule has 0 saturated heterocycles. The summed E-state index contributed by atoms with van der Waals surface area (Å²) >= 11 is 0. The summed E-state index contributed by atoms with van der Waals surface area (Å²) in [5.74, 6) is 1.34. The maximum atomic E-state index is 12.9. The van der Waals surface area contributed by atoms with Crippen molar-refractivity contribution in [1.29, 1.82) is 0 Å². The topological polar surface area (TPSA) is 77.7 Å². The van der Waals surface area contributed by atoms with Gasteiger partial charge in [-0.2, -0.15) is 0 Å². The summed E-state index contributed by atoms with van der Waals surface area (Å²) in [6.07, 6.45) is 0.867. The monoisotopic (exact) mass is 387 g/mol. The second kappa shape index (κ2) is 7.84. The number of oxazole rings is 1. The molecule has 0 fully saturated rings. The molecule has 0 aliphatic heterocycles. The molecule has 8 heteroatoms. The molecule has 0 bridgehead atoms. The number of alkyl halides is 1. The number of hydrogen-bond donors (Lipinski definition) is 0. The summed E-state index contributed by atoms with van der Waals surface area (Å²) in [6.45, 7) is 4.38. The molecule has 2 aromatic heterocycles. The Kier molecular flexibility index (Phi) is 5.48. The molecule has 0 aliphatic carbocycles. The normalized spacial score (nSPS) is 11.5. The van der Waals surface area contributed by atoms with Crippen molar-refractivity contribution in [3.8, 4) is 17.2 Å². The van der Waals surface area contributed by atoms with Gasteiger partial charge in [-0.1, -0.05) is 0 Å². The highest BCUT2D eigenvalue weighted by Gasteiger charge is 2.24. The van der Waals surface area contributed by atoms with E-state index in [1.54, 1.807) is 58.2 Å². The quantitative estimate of drug-likeness (QED) is 0.636. The number of methoxy groups -OCH3 is 1. The lowest BCUT2D eigenvalue weighted by Crippen LogP contribution is -2.38. The second-order valence-corrected chi connectivity index (χ2v) is 7.08. The Morgan fingerprint density at radius 3 is 2.64 bits per heavy atom. The number of rotatable bonds is 5. The maximum absolute atomic E-state index is 12.9. The first-order valence-electron chi connectivity index (χ1n) is 8.78. The first-order chi connectivity index (χ1) is 13.3. The predicted molar refractivity (Wildman–Crippen MR) is 103 cm³/mol. The van der Waals surface area contributed by atoms with Crippen LogP contribution in [0, 0.1) is 0 Å². The molecule has 0 N–H and O–H groups in total. The number of halogens is 1. The smallest absolute Gasteiger partial charge is 0.416 e. The molecule has 148 valence electrons. The minimum Gasteiger partial charge on any atom is -0.497 e. The summed E-state index contributed by atoms with van der Waals surface area (Å²) in [5, 5.41) is 0. The number of ether oxygens (including phenoxy) is 2. The van der Waals surface area contributed by atoms with E-state index in [-0.39, 0.29) is 12.4 Å². The molecule has 0 aliphatic rings.